The number of hydrogen-bond acceptors (Lipinski definition) is 7. The van der Waals surface area contributed by atoms with Gasteiger partial charge in [0.05, 0.1) is 14.2 Å². The Hall–Kier alpha value is -3.14. The van der Waals surface area contributed by atoms with Crippen molar-refractivity contribution in [3.8, 4) is 11.5 Å². The van der Waals surface area contributed by atoms with E-state index in [0.29, 0.717) is 6.04 Å². The van der Waals surface area contributed by atoms with Gasteiger partial charge in [-0.05, 0) is 30.2 Å². The topological polar surface area (TPSA) is 146 Å². The van der Waals surface area contributed by atoms with Gasteiger partial charge in [-0.2, -0.15) is 0 Å². The zero-order valence-electron chi connectivity index (χ0n) is 17.0. The van der Waals surface area contributed by atoms with Crippen LogP contribution in [0.2, 0.25) is 0 Å². The van der Waals surface area contributed by atoms with E-state index in [4.69, 9.17) is 29.9 Å². The second-order valence-electron chi connectivity index (χ2n) is 6.27. The Labute approximate surface area is 174 Å². The highest BCUT2D eigenvalue weighted by atomic mass is 16.5. The summed E-state index contributed by atoms with van der Waals surface area (Å²) in [6.45, 7) is 2.95. The Morgan fingerprint density at radius 3 is 1.90 bits per heavy atom. The first-order valence-electron chi connectivity index (χ1n) is 9.02. The number of ether oxygens (including phenoxy) is 2. The van der Waals surface area contributed by atoms with Crippen LogP contribution in [0, 0.1) is 0 Å². The van der Waals surface area contributed by atoms with E-state index in [1.165, 1.54) is 11.1 Å². The monoisotopic (exact) mass is 421 g/mol. The van der Waals surface area contributed by atoms with Gasteiger partial charge in [-0.15, -0.1) is 0 Å². The number of hydrogen-bond donors (Lipinski definition) is 5. The summed E-state index contributed by atoms with van der Waals surface area (Å²) in [5, 5.41) is 36.0. The minimum absolute atomic E-state index is 0.310. The molecular formula is C21H27NO8. The number of aliphatic hydroxyl groups excluding tert-OH is 2. The van der Waals surface area contributed by atoms with Crippen molar-refractivity contribution < 1.29 is 39.5 Å². The Morgan fingerprint density at radius 1 is 0.900 bits per heavy atom. The molecule has 9 nitrogen and oxygen atoms in total. The first kappa shape index (κ1) is 24.9. The van der Waals surface area contributed by atoms with E-state index in [0.717, 1.165) is 18.0 Å². The molecule has 0 aliphatic rings. The fraction of sp³-hybridized carbons (Fsp3) is 0.333. The highest BCUT2D eigenvalue weighted by Crippen LogP contribution is 2.27. The van der Waals surface area contributed by atoms with Crippen molar-refractivity contribution in [2.45, 2.75) is 31.7 Å². The Bertz CT molecular complexity index is 794. The van der Waals surface area contributed by atoms with E-state index in [2.05, 4.69) is 36.5 Å². The summed E-state index contributed by atoms with van der Waals surface area (Å²) in [6, 6.07) is 16.7. The second kappa shape index (κ2) is 12.4. The molecule has 0 aromatic heterocycles. The third-order valence-electron chi connectivity index (χ3n) is 4.17. The molecule has 3 atom stereocenters. The number of carboxylic acids is 2. The maximum atomic E-state index is 9.77. The molecule has 5 N–H and O–H groups in total. The predicted octanol–water partition coefficient (Wildman–Crippen LogP) is 1.43. The molecule has 2 rings (SSSR count). The molecule has 2 aromatic carbocycles. The van der Waals surface area contributed by atoms with Gasteiger partial charge in [0.1, 0.15) is 0 Å². The minimum atomic E-state index is -2.27. The van der Waals surface area contributed by atoms with Crippen LogP contribution in [-0.4, -0.2) is 58.8 Å². The number of carboxylic acid groups (broad SMARTS) is 2. The molecule has 2 unspecified atom stereocenters. The SMILES string of the molecule is COc1ccc(CNC(C)c2ccccc2)cc1OC.O=C(O)C(O)[C@@H](O)C(=O)O. The average molecular weight is 421 g/mol. The highest BCUT2D eigenvalue weighted by Gasteiger charge is 2.29. The number of aliphatic hydroxyl groups is 2. The molecule has 0 saturated carbocycles. The second-order valence-corrected chi connectivity index (χ2v) is 6.27. The van der Waals surface area contributed by atoms with E-state index in [1.54, 1.807) is 14.2 Å². The first-order chi connectivity index (χ1) is 14.2. The lowest BCUT2D eigenvalue weighted by atomic mass is 10.1. The molecule has 0 bridgehead atoms. The van der Waals surface area contributed by atoms with E-state index in [9.17, 15) is 9.59 Å². The lowest BCUT2D eigenvalue weighted by molar-refractivity contribution is -0.165. The maximum Gasteiger partial charge on any atom is 0.335 e. The van der Waals surface area contributed by atoms with Crippen LogP contribution in [-0.2, 0) is 16.1 Å². The van der Waals surface area contributed by atoms with Gasteiger partial charge in [0.2, 0.25) is 0 Å². The van der Waals surface area contributed by atoms with Gasteiger partial charge >= 0.3 is 11.9 Å². The van der Waals surface area contributed by atoms with Gasteiger partial charge in [0, 0.05) is 12.6 Å². The lowest BCUT2D eigenvalue weighted by Crippen LogP contribution is -2.39. The Kier molecular flexibility index (Phi) is 10.3. The molecule has 0 fully saturated rings. The summed E-state index contributed by atoms with van der Waals surface area (Å²) in [5.74, 6) is -2.02. The van der Waals surface area contributed by atoms with Gasteiger partial charge in [-0.3, -0.25) is 0 Å². The number of methoxy groups -OCH3 is 2. The van der Waals surface area contributed by atoms with Crippen molar-refractivity contribution in [1.29, 1.82) is 0 Å². The number of benzene rings is 2. The fourth-order valence-electron chi connectivity index (χ4n) is 2.39. The van der Waals surface area contributed by atoms with Crippen molar-refractivity contribution >= 4 is 11.9 Å². The van der Waals surface area contributed by atoms with Gasteiger partial charge in [-0.1, -0.05) is 36.4 Å². The molecule has 0 saturated heterocycles. The summed E-state index contributed by atoms with van der Waals surface area (Å²) in [4.78, 5) is 19.5. The molecule has 0 aliphatic heterocycles. The molecule has 9 heteroatoms. The van der Waals surface area contributed by atoms with Crippen molar-refractivity contribution in [1.82, 2.24) is 5.32 Å². The van der Waals surface area contributed by atoms with Gasteiger partial charge < -0.3 is 35.2 Å². The van der Waals surface area contributed by atoms with Crippen LogP contribution in [0.5, 0.6) is 11.5 Å². The van der Waals surface area contributed by atoms with Crippen LogP contribution in [0.1, 0.15) is 24.1 Å². The zero-order chi connectivity index (χ0) is 22.7. The van der Waals surface area contributed by atoms with Crippen LogP contribution in [0.25, 0.3) is 0 Å². The third-order valence-corrected chi connectivity index (χ3v) is 4.17. The summed E-state index contributed by atoms with van der Waals surface area (Å²) in [5.41, 5.74) is 2.46. The van der Waals surface area contributed by atoms with Gasteiger partial charge in [0.15, 0.2) is 23.7 Å². The molecule has 0 spiro atoms. The van der Waals surface area contributed by atoms with Gasteiger partial charge in [-0.25, -0.2) is 9.59 Å². The Morgan fingerprint density at radius 2 is 1.43 bits per heavy atom. The van der Waals surface area contributed by atoms with Crippen molar-refractivity contribution in [3.63, 3.8) is 0 Å². The number of rotatable bonds is 9. The molecule has 0 heterocycles. The van der Waals surface area contributed by atoms with Gasteiger partial charge in [0.25, 0.3) is 0 Å². The normalized spacial score (nSPS) is 13.2. The minimum Gasteiger partial charge on any atom is -0.493 e. The molecule has 0 amide bonds. The smallest absolute Gasteiger partial charge is 0.335 e. The van der Waals surface area contributed by atoms with Crippen molar-refractivity contribution in [2.24, 2.45) is 0 Å². The molecule has 0 radical (unpaired) electrons. The fourth-order valence-corrected chi connectivity index (χ4v) is 2.39. The highest BCUT2D eigenvalue weighted by molar-refractivity contribution is 5.83. The molecule has 30 heavy (non-hydrogen) atoms. The summed E-state index contributed by atoms with van der Waals surface area (Å²) in [6.07, 6.45) is -4.53. The average Bonchev–Trinajstić information content (AvgIpc) is 2.76. The van der Waals surface area contributed by atoms with Crippen LogP contribution < -0.4 is 14.8 Å². The number of nitrogens with one attached hydrogen (secondary N) is 1. The molecular weight excluding hydrogens is 394 g/mol. The summed E-state index contributed by atoms with van der Waals surface area (Å²) in [7, 11) is 3.30. The molecule has 2 aromatic rings. The van der Waals surface area contributed by atoms with E-state index in [1.807, 2.05) is 24.3 Å². The lowest BCUT2D eigenvalue weighted by Gasteiger charge is -2.15. The quantitative estimate of drug-likeness (QED) is 0.406. The van der Waals surface area contributed by atoms with Crippen LogP contribution >= 0.6 is 0 Å². The van der Waals surface area contributed by atoms with E-state index < -0.39 is 24.1 Å². The van der Waals surface area contributed by atoms with Crippen molar-refractivity contribution in [3.05, 3.63) is 59.7 Å². The number of aliphatic carboxylic acids is 2. The predicted molar refractivity (Wildman–Crippen MR) is 109 cm³/mol. The van der Waals surface area contributed by atoms with Crippen LogP contribution in [0.3, 0.4) is 0 Å². The maximum absolute atomic E-state index is 9.77. The third kappa shape index (κ3) is 7.70. The zero-order valence-corrected chi connectivity index (χ0v) is 17.0. The summed E-state index contributed by atoms with van der Waals surface area (Å²) < 4.78 is 10.6. The largest absolute Gasteiger partial charge is 0.493 e. The van der Waals surface area contributed by atoms with E-state index in [-0.39, 0.29) is 0 Å². The molecule has 164 valence electrons. The first-order valence-corrected chi connectivity index (χ1v) is 9.02. The van der Waals surface area contributed by atoms with Crippen LogP contribution in [0.15, 0.2) is 48.5 Å². The van der Waals surface area contributed by atoms with Crippen molar-refractivity contribution in [2.75, 3.05) is 14.2 Å². The van der Waals surface area contributed by atoms with Crippen LogP contribution in [0.4, 0.5) is 0 Å². The van der Waals surface area contributed by atoms with E-state index >= 15 is 0 Å². The number of carbonyl (C=O) groups is 2. The summed E-state index contributed by atoms with van der Waals surface area (Å²) >= 11 is 0. The Balaban J connectivity index is 0.000000382. The molecule has 0 aliphatic carbocycles. The standard InChI is InChI=1S/C17H21NO2.C4H6O6/c1-13(15-7-5-4-6-8-15)18-12-14-9-10-16(19-2)17(11-14)20-3;5-1(3(7)8)2(6)4(9)10/h4-11,13,18H,12H2,1-3H3;1-2,5-6H,(H,7,8)(H,9,10)/t;1-,2?/m.1/s1.